The minimum atomic E-state index is -3.69. The number of nitrogens with one attached hydrogen (secondary N) is 1. The first-order valence-electron chi connectivity index (χ1n) is 8.12. The van der Waals surface area contributed by atoms with Crippen molar-refractivity contribution in [2.24, 2.45) is 7.05 Å². The molecular formula is C17H25N3O3S. The van der Waals surface area contributed by atoms with E-state index in [1.807, 2.05) is 27.7 Å². The molecule has 0 atom stereocenters. The van der Waals surface area contributed by atoms with Gasteiger partial charge in [-0.25, -0.2) is 8.42 Å². The van der Waals surface area contributed by atoms with Crippen molar-refractivity contribution in [3.8, 4) is 5.75 Å². The van der Waals surface area contributed by atoms with Gasteiger partial charge in [-0.15, -0.1) is 0 Å². The summed E-state index contributed by atoms with van der Waals surface area (Å²) in [5.74, 6) is 0.706. The van der Waals surface area contributed by atoms with Crippen molar-refractivity contribution < 1.29 is 13.2 Å². The van der Waals surface area contributed by atoms with E-state index in [2.05, 4.69) is 9.82 Å². The average Bonchev–Trinajstić information content (AvgIpc) is 2.85. The smallest absolute Gasteiger partial charge is 0.265 e. The van der Waals surface area contributed by atoms with Crippen molar-refractivity contribution in [3.05, 3.63) is 35.7 Å². The van der Waals surface area contributed by atoms with Crippen molar-refractivity contribution in [2.45, 2.75) is 51.5 Å². The van der Waals surface area contributed by atoms with Crippen molar-refractivity contribution in [1.82, 2.24) is 9.78 Å². The molecule has 24 heavy (non-hydrogen) atoms. The molecule has 1 heterocycles. The van der Waals surface area contributed by atoms with Crippen LogP contribution in [0.3, 0.4) is 0 Å². The number of aromatic nitrogens is 2. The molecule has 6 nitrogen and oxygen atoms in total. The highest BCUT2D eigenvalue weighted by atomic mass is 32.2. The van der Waals surface area contributed by atoms with Crippen LogP contribution in [0.15, 0.2) is 29.2 Å². The molecule has 132 valence electrons. The molecular weight excluding hydrogens is 326 g/mol. The Morgan fingerprint density at radius 2 is 1.79 bits per heavy atom. The molecule has 1 aromatic carbocycles. The zero-order valence-corrected chi connectivity index (χ0v) is 15.6. The van der Waals surface area contributed by atoms with Gasteiger partial charge >= 0.3 is 0 Å². The second-order valence-corrected chi connectivity index (χ2v) is 7.47. The fourth-order valence-corrected chi connectivity index (χ4v) is 4.24. The van der Waals surface area contributed by atoms with Gasteiger partial charge in [0.1, 0.15) is 10.6 Å². The fraction of sp³-hybridized carbons (Fsp3) is 0.471. The maximum Gasteiger partial charge on any atom is 0.265 e. The van der Waals surface area contributed by atoms with E-state index in [1.54, 1.807) is 36.0 Å². The predicted molar refractivity (Wildman–Crippen MR) is 95.0 cm³/mol. The van der Waals surface area contributed by atoms with E-state index < -0.39 is 10.0 Å². The maximum atomic E-state index is 12.8. The lowest BCUT2D eigenvalue weighted by Crippen LogP contribution is -2.16. The van der Waals surface area contributed by atoms with Crippen molar-refractivity contribution in [1.29, 1.82) is 0 Å². The largest absolute Gasteiger partial charge is 0.491 e. The number of anilines is 1. The van der Waals surface area contributed by atoms with E-state index >= 15 is 0 Å². The quantitative estimate of drug-likeness (QED) is 0.832. The minimum absolute atomic E-state index is 0.0714. The molecule has 0 fully saturated rings. The van der Waals surface area contributed by atoms with Gasteiger partial charge in [0.15, 0.2) is 0 Å². The van der Waals surface area contributed by atoms with Crippen molar-refractivity contribution in [2.75, 3.05) is 4.72 Å². The number of sulfonamides is 1. The normalized spacial score (nSPS) is 11.8. The van der Waals surface area contributed by atoms with Gasteiger partial charge in [0.2, 0.25) is 0 Å². The average molecular weight is 351 g/mol. The highest BCUT2D eigenvalue weighted by Crippen LogP contribution is 2.25. The lowest BCUT2D eigenvalue weighted by atomic mass is 10.2. The van der Waals surface area contributed by atoms with E-state index in [-0.39, 0.29) is 11.0 Å². The Morgan fingerprint density at radius 3 is 2.29 bits per heavy atom. The first-order chi connectivity index (χ1) is 11.3. The van der Waals surface area contributed by atoms with Crippen LogP contribution in [0.1, 0.15) is 39.1 Å². The van der Waals surface area contributed by atoms with E-state index in [0.717, 1.165) is 0 Å². The first-order valence-corrected chi connectivity index (χ1v) is 9.61. The van der Waals surface area contributed by atoms with E-state index in [4.69, 9.17) is 4.74 Å². The third-order valence-electron chi connectivity index (χ3n) is 3.60. The van der Waals surface area contributed by atoms with Crippen LogP contribution in [0.4, 0.5) is 5.69 Å². The summed E-state index contributed by atoms with van der Waals surface area (Å²) in [6.07, 6.45) is 1.23. The Labute approximate surface area is 143 Å². The fourth-order valence-electron chi connectivity index (χ4n) is 2.61. The highest BCUT2D eigenvalue weighted by molar-refractivity contribution is 7.92. The van der Waals surface area contributed by atoms with Gasteiger partial charge in [0, 0.05) is 12.7 Å². The molecule has 0 radical (unpaired) electrons. The molecule has 2 rings (SSSR count). The van der Waals surface area contributed by atoms with Crippen LogP contribution in [0.2, 0.25) is 0 Å². The molecule has 0 amide bonds. The molecule has 0 aliphatic rings. The van der Waals surface area contributed by atoms with Gasteiger partial charge in [0.05, 0.1) is 17.5 Å². The number of nitrogens with zero attached hydrogens (tertiary/aromatic N) is 2. The minimum Gasteiger partial charge on any atom is -0.491 e. The number of rotatable bonds is 7. The van der Waals surface area contributed by atoms with Crippen LogP contribution < -0.4 is 9.46 Å². The van der Waals surface area contributed by atoms with Crippen molar-refractivity contribution >= 4 is 15.7 Å². The lowest BCUT2D eigenvalue weighted by Gasteiger charge is -2.12. The number of hydrogen-bond acceptors (Lipinski definition) is 4. The molecule has 0 bridgehead atoms. The highest BCUT2D eigenvalue weighted by Gasteiger charge is 2.26. The summed E-state index contributed by atoms with van der Waals surface area (Å²) in [5.41, 5.74) is 1.79. The number of benzene rings is 1. The van der Waals surface area contributed by atoms with Crippen LogP contribution in [-0.2, 0) is 29.9 Å². The number of ether oxygens (including phenoxy) is 1. The predicted octanol–water partition coefficient (Wildman–Crippen LogP) is 3.13. The summed E-state index contributed by atoms with van der Waals surface area (Å²) in [5, 5.41) is 4.33. The van der Waals surface area contributed by atoms with Crippen LogP contribution in [0.5, 0.6) is 5.75 Å². The number of hydrogen-bond donors (Lipinski definition) is 1. The Morgan fingerprint density at radius 1 is 1.17 bits per heavy atom. The zero-order chi connectivity index (χ0) is 17.9. The Balaban J connectivity index is 2.32. The molecule has 0 aliphatic carbocycles. The van der Waals surface area contributed by atoms with Gasteiger partial charge in [-0.2, -0.15) is 5.10 Å². The summed E-state index contributed by atoms with van der Waals surface area (Å²) in [6, 6.07) is 6.90. The molecule has 0 unspecified atom stereocenters. The summed E-state index contributed by atoms with van der Waals surface area (Å²) >= 11 is 0. The van der Waals surface area contributed by atoms with Gasteiger partial charge < -0.3 is 4.74 Å². The second-order valence-electron chi connectivity index (χ2n) is 5.85. The third-order valence-corrected chi connectivity index (χ3v) is 5.12. The molecule has 0 spiro atoms. The monoisotopic (exact) mass is 351 g/mol. The van der Waals surface area contributed by atoms with Crippen LogP contribution in [0.25, 0.3) is 0 Å². The molecule has 0 saturated carbocycles. The molecule has 2 aromatic rings. The van der Waals surface area contributed by atoms with Crippen molar-refractivity contribution in [3.63, 3.8) is 0 Å². The summed E-state index contributed by atoms with van der Waals surface area (Å²) in [7, 11) is -1.92. The van der Waals surface area contributed by atoms with Crippen LogP contribution in [-0.4, -0.2) is 24.3 Å². The molecule has 1 aromatic heterocycles. The SMILES string of the molecule is CCc1nn(C)c(CC)c1S(=O)(=O)Nc1ccc(OC(C)C)cc1. The van der Waals surface area contributed by atoms with Gasteiger partial charge in [-0.05, 0) is 51.0 Å². The van der Waals surface area contributed by atoms with Gasteiger partial charge in [0.25, 0.3) is 10.0 Å². The van der Waals surface area contributed by atoms with Gasteiger partial charge in [-0.3, -0.25) is 9.40 Å². The standard InChI is InChI=1S/C17H25N3O3S/c1-6-15-17(16(7-2)20(5)18-15)24(21,22)19-13-8-10-14(11-9-13)23-12(3)4/h8-12,19H,6-7H2,1-5H3. The lowest BCUT2D eigenvalue weighted by molar-refractivity contribution is 0.242. The van der Waals surface area contributed by atoms with E-state index in [9.17, 15) is 8.42 Å². The maximum absolute atomic E-state index is 12.8. The summed E-state index contributed by atoms with van der Waals surface area (Å²) in [4.78, 5) is 0.289. The third kappa shape index (κ3) is 3.90. The number of aryl methyl sites for hydroxylation is 2. The topological polar surface area (TPSA) is 73.2 Å². The second kappa shape index (κ2) is 7.25. The molecule has 7 heteroatoms. The van der Waals surface area contributed by atoms with E-state index in [1.165, 1.54) is 0 Å². The Hall–Kier alpha value is -2.02. The Kier molecular flexibility index (Phi) is 5.54. The molecule has 1 N–H and O–H groups in total. The zero-order valence-electron chi connectivity index (χ0n) is 14.8. The molecule has 0 aliphatic heterocycles. The summed E-state index contributed by atoms with van der Waals surface area (Å²) in [6.45, 7) is 7.71. The molecule has 0 saturated heterocycles. The van der Waals surface area contributed by atoms with Crippen LogP contribution in [0, 0.1) is 0 Å². The Bertz CT molecular complexity index is 793. The van der Waals surface area contributed by atoms with Crippen LogP contribution >= 0.6 is 0 Å². The summed E-state index contributed by atoms with van der Waals surface area (Å²) < 4.78 is 35.5. The van der Waals surface area contributed by atoms with Gasteiger partial charge in [-0.1, -0.05) is 13.8 Å². The first kappa shape index (κ1) is 18.3. The van der Waals surface area contributed by atoms with E-state index in [0.29, 0.717) is 35.7 Å².